The Bertz CT molecular complexity index is 605. The predicted octanol–water partition coefficient (Wildman–Crippen LogP) is 0.132. The minimum atomic E-state index is -1.16. The lowest BCUT2D eigenvalue weighted by molar-refractivity contribution is -0.250. The Morgan fingerprint density at radius 2 is 2.13 bits per heavy atom. The lowest BCUT2D eigenvalue weighted by atomic mass is 10.0. The van der Waals surface area contributed by atoms with Crippen LogP contribution in [-0.4, -0.2) is 68.7 Å². The largest absolute Gasteiger partial charge is 0.394 e. The molecule has 1 aliphatic rings. The highest BCUT2D eigenvalue weighted by Gasteiger charge is 2.50. The second-order valence-electron chi connectivity index (χ2n) is 5.93. The van der Waals surface area contributed by atoms with Crippen molar-refractivity contribution in [1.29, 1.82) is 0 Å². The number of aliphatic hydroxyl groups excluding tert-OH is 2. The van der Waals surface area contributed by atoms with Crippen LogP contribution in [0.4, 0.5) is 0 Å². The second kappa shape index (κ2) is 6.50. The van der Waals surface area contributed by atoms with E-state index in [9.17, 15) is 15.0 Å². The average molecular weight is 345 g/mol. The van der Waals surface area contributed by atoms with Crippen molar-refractivity contribution in [2.75, 3.05) is 20.7 Å². The van der Waals surface area contributed by atoms with Crippen LogP contribution in [0.25, 0.3) is 0 Å². The first kappa shape index (κ1) is 18.4. The van der Waals surface area contributed by atoms with E-state index >= 15 is 0 Å². The van der Waals surface area contributed by atoms with Crippen molar-refractivity contribution in [3.8, 4) is 0 Å². The topological polar surface area (TPSA) is 97.1 Å². The summed E-state index contributed by atoms with van der Waals surface area (Å²) in [6, 6.07) is 0. The van der Waals surface area contributed by atoms with Crippen LogP contribution in [0.3, 0.4) is 0 Å². The molecule has 2 N–H and O–H groups in total. The monoisotopic (exact) mass is 345 g/mol. The molecule has 23 heavy (non-hydrogen) atoms. The molecule has 2 rings (SSSR count). The molecule has 0 radical (unpaired) electrons. The zero-order chi connectivity index (χ0) is 17.5. The van der Waals surface area contributed by atoms with Gasteiger partial charge in [0.05, 0.1) is 18.0 Å². The summed E-state index contributed by atoms with van der Waals surface area (Å²) in [7, 11) is 3.54. The highest BCUT2D eigenvalue weighted by atomic mass is 32.1. The lowest BCUT2D eigenvalue weighted by Gasteiger charge is -2.30. The summed E-state index contributed by atoms with van der Waals surface area (Å²) in [6.07, 6.45) is -2.71. The van der Waals surface area contributed by atoms with E-state index in [1.54, 1.807) is 32.8 Å². The number of ether oxygens (including phenoxy) is 2. The highest BCUT2D eigenvalue weighted by molar-refractivity contribution is 7.78. The fourth-order valence-corrected chi connectivity index (χ4v) is 3.03. The van der Waals surface area contributed by atoms with Gasteiger partial charge in [0.15, 0.2) is 11.6 Å². The summed E-state index contributed by atoms with van der Waals surface area (Å²) in [5, 5.41) is 20.3. The number of imidazole rings is 1. The van der Waals surface area contributed by atoms with Gasteiger partial charge in [0, 0.05) is 13.8 Å². The van der Waals surface area contributed by atoms with Gasteiger partial charge in [0.25, 0.3) is 0 Å². The number of carbonyl (C=O) groups excluding carboxylic acids is 1. The van der Waals surface area contributed by atoms with Crippen molar-refractivity contribution in [2.24, 2.45) is 0 Å². The van der Waals surface area contributed by atoms with Gasteiger partial charge >= 0.3 is 0 Å². The van der Waals surface area contributed by atoms with Crippen molar-refractivity contribution in [3.63, 3.8) is 0 Å². The summed E-state index contributed by atoms with van der Waals surface area (Å²) in [5.74, 6) is -1.20. The SMILES string of the molecule is CC(=O)c1nc(C)c([C@@H](O)[C@@H]2OC(C)(N(C)C)O[C@@H]2CO)n1S. The molecule has 0 bridgehead atoms. The zero-order valence-corrected chi connectivity index (χ0v) is 14.7. The van der Waals surface area contributed by atoms with E-state index < -0.39 is 24.2 Å². The highest BCUT2D eigenvalue weighted by Crippen LogP contribution is 2.37. The molecular formula is C14H23N3O5S. The summed E-state index contributed by atoms with van der Waals surface area (Å²) in [4.78, 5) is 17.4. The summed E-state index contributed by atoms with van der Waals surface area (Å²) in [6.45, 7) is 4.44. The van der Waals surface area contributed by atoms with Crippen LogP contribution in [0.1, 0.15) is 42.0 Å². The number of aliphatic hydroxyl groups is 2. The molecule has 9 heteroatoms. The van der Waals surface area contributed by atoms with Gasteiger partial charge < -0.3 is 19.7 Å². The molecule has 1 unspecified atom stereocenters. The number of hydrogen-bond acceptors (Lipinski definition) is 8. The number of thiol groups is 1. The van der Waals surface area contributed by atoms with Gasteiger partial charge in [-0.3, -0.25) is 13.7 Å². The molecule has 1 aromatic heterocycles. The Hall–Kier alpha value is -0.970. The van der Waals surface area contributed by atoms with Crippen molar-refractivity contribution in [1.82, 2.24) is 13.9 Å². The number of nitrogens with zero attached hydrogens (tertiary/aromatic N) is 3. The first-order valence-electron chi connectivity index (χ1n) is 7.23. The van der Waals surface area contributed by atoms with Gasteiger partial charge in [-0.25, -0.2) is 4.98 Å². The van der Waals surface area contributed by atoms with Crippen LogP contribution in [0.2, 0.25) is 0 Å². The van der Waals surface area contributed by atoms with Gasteiger partial charge in [0.2, 0.25) is 5.91 Å². The summed E-state index contributed by atoms with van der Waals surface area (Å²) >= 11 is 4.25. The molecule has 2 heterocycles. The molecular weight excluding hydrogens is 322 g/mol. The third-order valence-electron chi connectivity index (χ3n) is 4.06. The van der Waals surface area contributed by atoms with Crippen molar-refractivity contribution in [2.45, 2.75) is 45.0 Å². The van der Waals surface area contributed by atoms with E-state index in [2.05, 4.69) is 17.8 Å². The van der Waals surface area contributed by atoms with Gasteiger partial charge in [-0.1, -0.05) is 12.8 Å². The first-order valence-corrected chi connectivity index (χ1v) is 7.63. The Balaban J connectivity index is 2.37. The Morgan fingerprint density at radius 1 is 1.52 bits per heavy atom. The van der Waals surface area contributed by atoms with Crippen LogP contribution in [0.15, 0.2) is 0 Å². The molecule has 1 aromatic rings. The minimum absolute atomic E-state index is 0.134. The Labute approximate surface area is 140 Å². The number of aromatic nitrogens is 2. The maximum absolute atomic E-state index is 11.6. The smallest absolute Gasteiger partial charge is 0.227 e. The molecule has 0 amide bonds. The van der Waals surface area contributed by atoms with Crippen LogP contribution in [0, 0.1) is 6.92 Å². The number of aryl methyl sites for hydroxylation is 1. The molecule has 0 spiro atoms. The van der Waals surface area contributed by atoms with E-state index in [0.717, 1.165) is 0 Å². The van der Waals surface area contributed by atoms with Crippen LogP contribution in [0.5, 0.6) is 0 Å². The third kappa shape index (κ3) is 3.17. The molecule has 0 aliphatic carbocycles. The van der Waals surface area contributed by atoms with Gasteiger partial charge in [-0.05, 0) is 21.0 Å². The number of hydrogen-bond donors (Lipinski definition) is 3. The van der Waals surface area contributed by atoms with E-state index in [1.807, 2.05) is 0 Å². The average Bonchev–Trinajstić information content (AvgIpc) is 2.97. The molecule has 1 aliphatic heterocycles. The van der Waals surface area contributed by atoms with Gasteiger partial charge in [-0.15, -0.1) is 0 Å². The summed E-state index contributed by atoms with van der Waals surface area (Å²) in [5.41, 5.74) is 0.810. The molecule has 1 fully saturated rings. The first-order chi connectivity index (χ1) is 10.6. The van der Waals surface area contributed by atoms with Crippen molar-refractivity contribution in [3.05, 3.63) is 17.2 Å². The number of ketones is 1. The van der Waals surface area contributed by atoms with Crippen LogP contribution < -0.4 is 0 Å². The molecule has 8 nitrogen and oxygen atoms in total. The summed E-state index contributed by atoms with van der Waals surface area (Å²) < 4.78 is 12.8. The zero-order valence-electron chi connectivity index (χ0n) is 13.8. The van der Waals surface area contributed by atoms with E-state index in [0.29, 0.717) is 11.4 Å². The standard InChI is InChI=1S/C14H23N3O5S/c1-7-10(17(23)13(15-7)8(2)19)11(20)12-9(6-18)21-14(3,22-12)16(4)5/h9,11-12,18,20,23H,6H2,1-5H3/t9-,11-,12-,14?/m1/s1. The maximum Gasteiger partial charge on any atom is 0.227 e. The van der Waals surface area contributed by atoms with Crippen molar-refractivity contribution >= 4 is 18.6 Å². The molecule has 130 valence electrons. The maximum atomic E-state index is 11.6. The fourth-order valence-electron chi connectivity index (χ4n) is 2.58. The quantitative estimate of drug-likeness (QED) is 0.516. The number of carbonyl (C=O) groups is 1. The van der Waals surface area contributed by atoms with Gasteiger partial charge in [-0.2, -0.15) is 0 Å². The third-order valence-corrected chi connectivity index (χ3v) is 4.47. The van der Waals surface area contributed by atoms with Crippen molar-refractivity contribution < 1.29 is 24.5 Å². The molecule has 0 aromatic carbocycles. The van der Waals surface area contributed by atoms with E-state index in [4.69, 9.17) is 9.47 Å². The fraction of sp³-hybridized carbons (Fsp3) is 0.714. The molecule has 0 saturated carbocycles. The van der Waals surface area contributed by atoms with E-state index in [1.165, 1.54) is 10.9 Å². The predicted molar refractivity (Wildman–Crippen MR) is 85.2 cm³/mol. The van der Waals surface area contributed by atoms with E-state index in [-0.39, 0.29) is 18.2 Å². The van der Waals surface area contributed by atoms with Crippen LogP contribution >= 0.6 is 12.8 Å². The van der Waals surface area contributed by atoms with Crippen LogP contribution in [-0.2, 0) is 9.47 Å². The molecule has 4 atom stereocenters. The lowest BCUT2D eigenvalue weighted by Crippen LogP contribution is -2.43. The normalized spacial score (nSPS) is 29.3. The number of Topliss-reactive ketones (excluding diaryl/α,β-unsaturated/α-hetero) is 1. The minimum Gasteiger partial charge on any atom is -0.394 e. The van der Waals surface area contributed by atoms with Gasteiger partial charge in [0.1, 0.15) is 18.3 Å². The molecule has 1 saturated heterocycles. The Kier molecular flexibility index (Phi) is 5.19. The number of rotatable bonds is 5. The second-order valence-corrected chi connectivity index (χ2v) is 6.33. The Morgan fingerprint density at radius 3 is 2.57 bits per heavy atom.